The van der Waals surface area contributed by atoms with Gasteiger partial charge in [0.15, 0.2) is 0 Å². The van der Waals surface area contributed by atoms with Crippen LogP contribution < -0.4 is 25.0 Å². The van der Waals surface area contributed by atoms with E-state index < -0.39 is 12.0 Å². The van der Waals surface area contributed by atoms with Gasteiger partial charge in [-0.2, -0.15) is 0 Å². The molecule has 2 N–H and O–H groups in total. The van der Waals surface area contributed by atoms with Gasteiger partial charge in [-0.1, -0.05) is 0 Å². The van der Waals surface area contributed by atoms with Crippen molar-refractivity contribution in [1.29, 1.82) is 0 Å². The minimum atomic E-state index is -0.696. The Balaban J connectivity index is 1.56. The van der Waals surface area contributed by atoms with Crippen LogP contribution in [0.2, 0.25) is 0 Å². The summed E-state index contributed by atoms with van der Waals surface area (Å²) in [7, 11) is 3.06. The molecule has 9 heteroatoms. The molecule has 1 aromatic carbocycles. The molecule has 0 radical (unpaired) electrons. The zero-order valence-electron chi connectivity index (χ0n) is 17.6. The molecule has 2 aliphatic rings. The van der Waals surface area contributed by atoms with Crippen molar-refractivity contribution in [2.45, 2.75) is 38.3 Å². The number of methoxy groups -OCH3 is 2. The van der Waals surface area contributed by atoms with Gasteiger partial charge in [-0.25, -0.2) is 0 Å². The van der Waals surface area contributed by atoms with Crippen LogP contribution >= 0.6 is 0 Å². The highest BCUT2D eigenvalue weighted by atomic mass is 16.5. The van der Waals surface area contributed by atoms with Gasteiger partial charge in [-0.15, -0.1) is 0 Å². The lowest BCUT2D eigenvalue weighted by molar-refractivity contribution is -0.131. The van der Waals surface area contributed by atoms with Crippen LogP contribution in [0.5, 0.6) is 11.5 Å². The third-order valence-electron chi connectivity index (χ3n) is 5.45. The number of nitrogens with one attached hydrogen (secondary N) is 2. The Morgan fingerprint density at radius 2 is 2.10 bits per heavy atom. The normalized spacial score (nSPS) is 22.0. The van der Waals surface area contributed by atoms with Crippen LogP contribution in [0.25, 0.3) is 0 Å². The molecule has 0 aromatic heterocycles. The molecule has 0 aliphatic carbocycles. The van der Waals surface area contributed by atoms with Crippen molar-refractivity contribution in [2.24, 2.45) is 5.92 Å². The van der Waals surface area contributed by atoms with Gasteiger partial charge in [0.05, 0.1) is 31.9 Å². The fourth-order valence-electron chi connectivity index (χ4n) is 3.69. The highest BCUT2D eigenvalue weighted by Gasteiger charge is 2.37. The number of benzene rings is 1. The average Bonchev–Trinajstić information content (AvgIpc) is 3.41. The summed E-state index contributed by atoms with van der Waals surface area (Å²) in [5.74, 6) is -0.202. The molecule has 3 atom stereocenters. The molecule has 3 amide bonds. The molecule has 30 heavy (non-hydrogen) atoms. The molecule has 2 aliphatic heterocycles. The van der Waals surface area contributed by atoms with Crippen LogP contribution in [0.1, 0.15) is 26.2 Å². The summed E-state index contributed by atoms with van der Waals surface area (Å²) < 4.78 is 16.0. The van der Waals surface area contributed by atoms with E-state index in [0.717, 1.165) is 19.4 Å². The molecule has 2 heterocycles. The predicted molar refractivity (Wildman–Crippen MR) is 110 cm³/mol. The van der Waals surface area contributed by atoms with Crippen molar-refractivity contribution in [3.8, 4) is 11.5 Å². The van der Waals surface area contributed by atoms with Crippen molar-refractivity contribution in [3.05, 3.63) is 18.2 Å². The first kappa shape index (κ1) is 21.9. The lowest BCUT2D eigenvalue weighted by atomic mass is 10.1. The molecular formula is C21H29N3O6. The summed E-state index contributed by atoms with van der Waals surface area (Å²) in [5, 5.41) is 5.52. The van der Waals surface area contributed by atoms with Gasteiger partial charge in [-0.05, 0) is 31.9 Å². The van der Waals surface area contributed by atoms with Gasteiger partial charge < -0.3 is 29.7 Å². The van der Waals surface area contributed by atoms with E-state index in [1.165, 1.54) is 12.0 Å². The minimum Gasteiger partial charge on any atom is -0.497 e. The first-order chi connectivity index (χ1) is 14.4. The van der Waals surface area contributed by atoms with E-state index >= 15 is 0 Å². The number of carbonyl (C=O) groups excluding carboxylic acids is 3. The number of rotatable bonds is 8. The Kier molecular flexibility index (Phi) is 7.15. The van der Waals surface area contributed by atoms with Gasteiger partial charge in [0.1, 0.15) is 17.5 Å². The molecule has 2 saturated heterocycles. The fourth-order valence-corrected chi connectivity index (χ4v) is 3.69. The van der Waals surface area contributed by atoms with Gasteiger partial charge in [-0.3, -0.25) is 14.4 Å². The van der Waals surface area contributed by atoms with E-state index in [2.05, 4.69) is 10.6 Å². The highest BCUT2D eigenvalue weighted by Crippen LogP contribution is 2.35. The van der Waals surface area contributed by atoms with E-state index in [1.54, 1.807) is 32.2 Å². The lowest BCUT2D eigenvalue weighted by Gasteiger charge is -2.21. The fraction of sp³-hybridized carbons (Fsp3) is 0.571. The van der Waals surface area contributed by atoms with E-state index in [1.807, 2.05) is 0 Å². The van der Waals surface area contributed by atoms with Crippen molar-refractivity contribution in [2.75, 3.05) is 38.8 Å². The molecule has 0 bridgehead atoms. The number of hydrogen-bond acceptors (Lipinski definition) is 6. The van der Waals surface area contributed by atoms with Crippen LogP contribution in [0, 0.1) is 5.92 Å². The van der Waals surface area contributed by atoms with E-state index in [9.17, 15) is 14.4 Å². The SMILES string of the molecule is COc1ccc(N2CC(C(=O)NC(C)C(=O)NCC3CCCO3)CC2=O)c(OC)c1. The molecule has 164 valence electrons. The van der Waals surface area contributed by atoms with Crippen molar-refractivity contribution in [3.63, 3.8) is 0 Å². The maximum absolute atomic E-state index is 12.7. The number of hydrogen-bond donors (Lipinski definition) is 2. The molecule has 3 rings (SSSR count). The Morgan fingerprint density at radius 1 is 1.30 bits per heavy atom. The van der Waals surface area contributed by atoms with Crippen molar-refractivity contribution in [1.82, 2.24) is 10.6 Å². The summed E-state index contributed by atoms with van der Waals surface area (Å²) >= 11 is 0. The summed E-state index contributed by atoms with van der Waals surface area (Å²) in [4.78, 5) is 39.0. The molecule has 2 fully saturated rings. The van der Waals surface area contributed by atoms with Crippen molar-refractivity contribution < 1.29 is 28.6 Å². The van der Waals surface area contributed by atoms with Crippen LogP contribution in [-0.2, 0) is 19.1 Å². The van der Waals surface area contributed by atoms with Crippen LogP contribution in [0.3, 0.4) is 0 Å². The first-order valence-corrected chi connectivity index (χ1v) is 10.1. The second-order valence-corrected chi connectivity index (χ2v) is 7.55. The summed E-state index contributed by atoms with van der Waals surface area (Å²) in [6, 6.07) is 4.46. The third kappa shape index (κ3) is 5.02. The molecular weight excluding hydrogens is 390 g/mol. The van der Waals surface area contributed by atoms with Crippen LogP contribution in [-0.4, -0.2) is 63.8 Å². The second kappa shape index (κ2) is 9.80. The van der Waals surface area contributed by atoms with Gasteiger partial charge in [0.2, 0.25) is 17.7 Å². The van der Waals surface area contributed by atoms with E-state index in [-0.39, 0.29) is 36.8 Å². The maximum atomic E-state index is 12.7. The monoisotopic (exact) mass is 419 g/mol. The Hall–Kier alpha value is -2.81. The second-order valence-electron chi connectivity index (χ2n) is 7.55. The number of ether oxygens (including phenoxy) is 3. The summed E-state index contributed by atoms with van der Waals surface area (Å²) in [6.07, 6.45) is 2.04. The lowest BCUT2D eigenvalue weighted by Crippen LogP contribution is -2.48. The molecule has 1 aromatic rings. The topological polar surface area (TPSA) is 106 Å². The standard InChI is InChI=1S/C21H29N3O6/c1-13(20(26)22-11-16-5-4-8-30-16)23-21(27)14-9-19(25)24(12-14)17-7-6-15(28-2)10-18(17)29-3/h6-7,10,13-14,16H,4-5,8-9,11-12H2,1-3H3,(H,22,26)(H,23,27). The Bertz CT molecular complexity index is 793. The van der Waals surface area contributed by atoms with Gasteiger partial charge >= 0.3 is 0 Å². The van der Waals surface area contributed by atoms with Crippen molar-refractivity contribution >= 4 is 23.4 Å². The minimum absolute atomic E-state index is 0.0392. The number of carbonyl (C=O) groups is 3. The number of nitrogens with zero attached hydrogens (tertiary/aromatic N) is 1. The van der Waals surface area contributed by atoms with Gasteiger partial charge in [0, 0.05) is 32.2 Å². The first-order valence-electron chi connectivity index (χ1n) is 10.1. The zero-order chi connectivity index (χ0) is 21.7. The number of amides is 3. The summed E-state index contributed by atoms with van der Waals surface area (Å²) in [6.45, 7) is 3.01. The predicted octanol–water partition coefficient (Wildman–Crippen LogP) is 0.857. The van der Waals surface area contributed by atoms with Gasteiger partial charge in [0.25, 0.3) is 0 Å². The largest absolute Gasteiger partial charge is 0.497 e. The highest BCUT2D eigenvalue weighted by molar-refractivity contribution is 6.02. The zero-order valence-corrected chi connectivity index (χ0v) is 17.6. The Labute approximate surface area is 176 Å². The van der Waals surface area contributed by atoms with E-state index in [4.69, 9.17) is 14.2 Å². The quantitative estimate of drug-likeness (QED) is 0.647. The molecule has 0 spiro atoms. The van der Waals surface area contributed by atoms with E-state index in [0.29, 0.717) is 23.7 Å². The average molecular weight is 419 g/mol. The molecule has 0 saturated carbocycles. The smallest absolute Gasteiger partial charge is 0.242 e. The Morgan fingerprint density at radius 3 is 2.77 bits per heavy atom. The number of anilines is 1. The van der Waals surface area contributed by atoms with Crippen LogP contribution in [0.15, 0.2) is 18.2 Å². The third-order valence-corrected chi connectivity index (χ3v) is 5.45. The van der Waals surface area contributed by atoms with Crippen LogP contribution in [0.4, 0.5) is 5.69 Å². The summed E-state index contributed by atoms with van der Waals surface area (Å²) in [5.41, 5.74) is 0.584. The molecule has 3 unspecified atom stereocenters. The maximum Gasteiger partial charge on any atom is 0.242 e. The molecule has 9 nitrogen and oxygen atoms in total.